The molecule has 0 aromatic carbocycles. The molecule has 0 radical (unpaired) electrons. The summed E-state index contributed by atoms with van der Waals surface area (Å²) >= 11 is 0. The third-order valence-electron chi connectivity index (χ3n) is 2.27. The van der Waals surface area contributed by atoms with Gasteiger partial charge in [-0.3, -0.25) is 0 Å². The van der Waals surface area contributed by atoms with Crippen LogP contribution in [0.15, 0.2) is 0 Å². The lowest BCUT2D eigenvalue weighted by Gasteiger charge is -1.95. The second-order valence-corrected chi connectivity index (χ2v) is 3.40. The van der Waals surface area contributed by atoms with Crippen molar-refractivity contribution in [2.45, 2.75) is 38.1 Å². The lowest BCUT2D eigenvalue weighted by atomic mass is 10.1. The molecule has 1 aliphatic carbocycles. The van der Waals surface area contributed by atoms with Crippen LogP contribution in [0.4, 0.5) is 0 Å². The van der Waals surface area contributed by atoms with Gasteiger partial charge in [0.2, 0.25) is 0 Å². The monoisotopic (exact) mass is 177 g/mol. The Hall–Kier alpha value is -1.44. The molecular weight excluding hydrogens is 166 g/mol. The maximum Gasteiger partial charge on any atom is 0.194 e. The number of rotatable bonds is 3. The highest BCUT2D eigenvalue weighted by atomic mass is 15.6. The van der Waals surface area contributed by atoms with Gasteiger partial charge in [0.25, 0.3) is 0 Å². The minimum absolute atomic E-state index is 0.397. The molecule has 5 heteroatoms. The van der Waals surface area contributed by atoms with Gasteiger partial charge in [-0.05, 0) is 24.5 Å². The molecule has 1 aromatic rings. The highest BCUT2D eigenvalue weighted by Crippen LogP contribution is 2.45. The number of aromatic nitrogens is 4. The molecule has 0 bridgehead atoms. The summed E-state index contributed by atoms with van der Waals surface area (Å²) in [7, 11) is 0. The second kappa shape index (κ2) is 2.80. The molecule has 1 heterocycles. The van der Waals surface area contributed by atoms with Crippen molar-refractivity contribution >= 4 is 0 Å². The summed E-state index contributed by atoms with van der Waals surface area (Å²) in [6.45, 7) is 2.83. The fourth-order valence-corrected chi connectivity index (χ4v) is 1.24. The highest BCUT2D eigenvalue weighted by molar-refractivity contribution is 5.27. The summed E-state index contributed by atoms with van der Waals surface area (Å²) < 4.78 is 0. The Labute approximate surface area is 76.4 Å². The number of hydrogen-bond acceptors (Lipinski definition) is 4. The molecule has 68 valence electrons. The van der Waals surface area contributed by atoms with Crippen LogP contribution in [0.2, 0.25) is 0 Å². The van der Waals surface area contributed by atoms with E-state index in [1.807, 2.05) is 0 Å². The van der Waals surface area contributed by atoms with Gasteiger partial charge in [0, 0.05) is 0 Å². The molecule has 0 spiro atoms. The average Bonchev–Trinajstić information content (AvgIpc) is 2.82. The first-order chi connectivity index (χ1) is 6.30. The summed E-state index contributed by atoms with van der Waals surface area (Å²) in [5.41, 5.74) is -0.397. The molecule has 5 nitrogen and oxygen atoms in total. The van der Waals surface area contributed by atoms with Crippen LogP contribution in [0.25, 0.3) is 0 Å². The van der Waals surface area contributed by atoms with E-state index < -0.39 is 5.41 Å². The maximum absolute atomic E-state index is 8.88. The minimum atomic E-state index is -0.397. The highest BCUT2D eigenvalue weighted by Gasteiger charge is 2.49. The van der Waals surface area contributed by atoms with E-state index in [9.17, 15) is 0 Å². The molecule has 13 heavy (non-hydrogen) atoms. The molecule has 1 aromatic heterocycles. The SMILES string of the molecule is CCCn1nnc(C2(C#N)CC2)n1. The van der Waals surface area contributed by atoms with Crippen LogP contribution in [0.1, 0.15) is 32.0 Å². The van der Waals surface area contributed by atoms with Gasteiger partial charge in [-0.2, -0.15) is 10.1 Å². The molecule has 0 unspecified atom stereocenters. The number of aryl methyl sites for hydroxylation is 1. The Morgan fingerprint density at radius 1 is 1.62 bits per heavy atom. The van der Waals surface area contributed by atoms with Crippen molar-refractivity contribution in [2.24, 2.45) is 0 Å². The summed E-state index contributed by atoms with van der Waals surface area (Å²) in [5, 5.41) is 20.8. The van der Waals surface area contributed by atoms with E-state index >= 15 is 0 Å². The molecule has 0 aliphatic heterocycles. The predicted octanol–water partition coefficient (Wildman–Crippen LogP) is 0.638. The number of tetrazole rings is 1. The van der Waals surface area contributed by atoms with Crippen molar-refractivity contribution in [3.8, 4) is 6.07 Å². The molecule has 0 amide bonds. The van der Waals surface area contributed by atoms with E-state index in [2.05, 4.69) is 28.4 Å². The molecule has 0 N–H and O–H groups in total. The molecule has 1 aliphatic rings. The molecule has 0 atom stereocenters. The smallest absolute Gasteiger partial charge is 0.194 e. The lowest BCUT2D eigenvalue weighted by molar-refractivity contribution is 0.511. The third-order valence-corrected chi connectivity index (χ3v) is 2.27. The topological polar surface area (TPSA) is 67.4 Å². The van der Waals surface area contributed by atoms with E-state index in [0.717, 1.165) is 25.8 Å². The zero-order valence-electron chi connectivity index (χ0n) is 7.56. The zero-order valence-corrected chi connectivity index (χ0v) is 7.56. The van der Waals surface area contributed by atoms with Crippen LogP contribution in [0.3, 0.4) is 0 Å². The van der Waals surface area contributed by atoms with Gasteiger partial charge in [-0.1, -0.05) is 6.92 Å². The zero-order chi connectivity index (χ0) is 9.31. The molecule has 1 saturated carbocycles. The number of nitrogens with zero attached hydrogens (tertiary/aromatic N) is 5. The number of nitriles is 1. The Morgan fingerprint density at radius 2 is 2.38 bits per heavy atom. The van der Waals surface area contributed by atoms with E-state index in [4.69, 9.17) is 5.26 Å². The summed E-state index contributed by atoms with van der Waals surface area (Å²) in [6.07, 6.45) is 2.73. The Bertz CT molecular complexity index is 344. The van der Waals surface area contributed by atoms with Crippen LogP contribution in [0.5, 0.6) is 0 Å². The number of hydrogen-bond donors (Lipinski definition) is 0. The van der Waals surface area contributed by atoms with Crippen LogP contribution in [-0.4, -0.2) is 20.2 Å². The van der Waals surface area contributed by atoms with Gasteiger partial charge in [0.1, 0.15) is 5.41 Å². The summed E-state index contributed by atoms with van der Waals surface area (Å²) in [4.78, 5) is 1.56. The van der Waals surface area contributed by atoms with Crippen LogP contribution >= 0.6 is 0 Å². The quantitative estimate of drug-likeness (QED) is 0.679. The fraction of sp³-hybridized carbons (Fsp3) is 0.750. The van der Waals surface area contributed by atoms with E-state index in [-0.39, 0.29) is 0 Å². The Balaban J connectivity index is 2.19. The van der Waals surface area contributed by atoms with Crippen LogP contribution in [-0.2, 0) is 12.0 Å². The van der Waals surface area contributed by atoms with Gasteiger partial charge < -0.3 is 0 Å². The van der Waals surface area contributed by atoms with Crippen molar-refractivity contribution in [1.29, 1.82) is 5.26 Å². The lowest BCUT2D eigenvalue weighted by Crippen LogP contribution is -2.07. The molecule has 1 fully saturated rings. The largest absolute Gasteiger partial charge is 0.197 e. The van der Waals surface area contributed by atoms with Crippen LogP contribution in [0, 0.1) is 11.3 Å². The molecule has 0 saturated heterocycles. The van der Waals surface area contributed by atoms with E-state index in [1.54, 1.807) is 4.80 Å². The average molecular weight is 177 g/mol. The Morgan fingerprint density at radius 3 is 2.92 bits per heavy atom. The van der Waals surface area contributed by atoms with Gasteiger partial charge in [-0.15, -0.1) is 10.2 Å². The van der Waals surface area contributed by atoms with Crippen molar-refractivity contribution in [1.82, 2.24) is 20.2 Å². The van der Waals surface area contributed by atoms with Gasteiger partial charge in [0.05, 0.1) is 12.6 Å². The van der Waals surface area contributed by atoms with E-state index in [0.29, 0.717) is 5.82 Å². The second-order valence-electron chi connectivity index (χ2n) is 3.40. The third kappa shape index (κ3) is 1.28. The first-order valence-electron chi connectivity index (χ1n) is 4.50. The van der Waals surface area contributed by atoms with Gasteiger partial charge in [-0.25, -0.2) is 0 Å². The first kappa shape index (κ1) is 8.17. The van der Waals surface area contributed by atoms with Gasteiger partial charge in [0.15, 0.2) is 5.82 Å². The van der Waals surface area contributed by atoms with Crippen molar-refractivity contribution in [3.05, 3.63) is 5.82 Å². The predicted molar refractivity (Wildman–Crippen MR) is 44.6 cm³/mol. The van der Waals surface area contributed by atoms with Crippen molar-refractivity contribution in [3.63, 3.8) is 0 Å². The summed E-state index contributed by atoms with van der Waals surface area (Å²) in [5.74, 6) is 0.600. The molecular formula is C8H11N5. The van der Waals surface area contributed by atoms with Crippen LogP contribution < -0.4 is 0 Å². The summed E-state index contributed by atoms with van der Waals surface area (Å²) in [6, 6.07) is 2.25. The van der Waals surface area contributed by atoms with Crippen molar-refractivity contribution < 1.29 is 0 Å². The molecule has 2 rings (SSSR count). The van der Waals surface area contributed by atoms with E-state index in [1.165, 1.54) is 0 Å². The minimum Gasteiger partial charge on any atom is -0.197 e. The van der Waals surface area contributed by atoms with Crippen molar-refractivity contribution in [2.75, 3.05) is 0 Å². The normalized spacial score (nSPS) is 18.2. The van der Waals surface area contributed by atoms with Gasteiger partial charge >= 0.3 is 0 Å². The first-order valence-corrected chi connectivity index (χ1v) is 4.50. The standard InChI is InChI=1S/C8H11N5/c1-2-5-13-11-7(10-12-13)8(6-9)3-4-8/h2-5H2,1H3. The fourth-order valence-electron chi connectivity index (χ4n) is 1.24. The maximum atomic E-state index is 8.88. The Kier molecular flexibility index (Phi) is 1.76.